The first-order chi connectivity index (χ1) is 10.7. The Hall–Kier alpha value is -1.15. The van der Waals surface area contributed by atoms with Gasteiger partial charge in [-0.2, -0.15) is 0 Å². The average Bonchev–Trinajstić information content (AvgIpc) is 2.78. The molecule has 5 unspecified atom stereocenters. The van der Waals surface area contributed by atoms with E-state index in [1.807, 2.05) is 0 Å². The summed E-state index contributed by atoms with van der Waals surface area (Å²) in [6, 6.07) is 1.04. The molecule has 2 heteroatoms. The molecule has 0 bridgehead atoms. The van der Waals surface area contributed by atoms with Crippen LogP contribution in [0.4, 0.5) is 0 Å². The van der Waals surface area contributed by atoms with Gasteiger partial charge in [0.1, 0.15) is 6.29 Å². The van der Waals surface area contributed by atoms with Gasteiger partial charge in [0.2, 0.25) is 0 Å². The molecule has 0 radical (unpaired) electrons. The second-order valence-corrected chi connectivity index (χ2v) is 7.38. The van der Waals surface area contributed by atoms with Crippen molar-refractivity contribution in [1.82, 2.24) is 4.90 Å². The summed E-state index contributed by atoms with van der Waals surface area (Å²) in [6.07, 6.45) is 20.2. The number of aldehydes is 1. The lowest BCUT2D eigenvalue weighted by atomic mass is 9.64. The zero-order valence-electron chi connectivity index (χ0n) is 13.9. The Morgan fingerprint density at radius 1 is 1.18 bits per heavy atom. The topological polar surface area (TPSA) is 20.3 Å². The van der Waals surface area contributed by atoms with Crippen molar-refractivity contribution >= 4 is 6.29 Å². The lowest BCUT2D eigenvalue weighted by Gasteiger charge is -2.40. The van der Waals surface area contributed by atoms with E-state index in [2.05, 4.69) is 55.2 Å². The van der Waals surface area contributed by atoms with Gasteiger partial charge in [-0.25, -0.2) is 0 Å². The second-order valence-electron chi connectivity index (χ2n) is 7.38. The summed E-state index contributed by atoms with van der Waals surface area (Å²) in [4.78, 5) is 14.0. The molecule has 22 heavy (non-hydrogen) atoms. The maximum Gasteiger partial charge on any atom is 0.121 e. The monoisotopic (exact) mass is 299 g/mol. The van der Waals surface area contributed by atoms with Crippen LogP contribution in [0, 0.1) is 17.3 Å². The highest BCUT2D eigenvalue weighted by Gasteiger charge is 2.55. The summed E-state index contributed by atoms with van der Waals surface area (Å²) < 4.78 is 0. The Labute approximate surface area is 135 Å². The van der Waals surface area contributed by atoms with Crippen LogP contribution in [0.25, 0.3) is 0 Å². The number of likely N-dealkylation sites (tertiary alicyclic amines) is 1. The molecule has 0 amide bonds. The summed E-state index contributed by atoms with van der Waals surface area (Å²) in [6.45, 7) is 5.77. The van der Waals surface area contributed by atoms with Crippen molar-refractivity contribution in [3.8, 4) is 0 Å². The third-order valence-corrected chi connectivity index (χ3v) is 6.29. The summed E-state index contributed by atoms with van der Waals surface area (Å²) in [7, 11) is 0. The van der Waals surface area contributed by atoms with Gasteiger partial charge in [-0.1, -0.05) is 50.3 Å². The standard InChI is InChI=1S/C20H29NO/c1-3-21-18-12-8-7-11-17(18)20(2,19(21)13-14-22)15-16-9-5-4-6-10-16/h4-9,14,16-19H,3,10-13,15H2,1-2H3. The van der Waals surface area contributed by atoms with E-state index in [0.717, 1.165) is 25.7 Å². The lowest BCUT2D eigenvalue weighted by molar-refractivity contribution is -0.109. The highest BCUT2D eigenvalue weighted by atomic mass is 16.1. The van der Waals surface area contributed by atoms with Gasteiger partial charge in [-0.05, 0) is 49.5 Å². The first kappa shape index (κ1) is 15.7. The smallest absolute Gasteiger partial charge is 0.121 e. The van der Waals surface area contributed by atoms with Crippen molar-refractivity contribution in [2.75, 3.05) is 6.54 Å². The van der Waals surface area contributed by atoms with Crippen molar-refractivity contribution in [2.45, 2.75) is 58.0 Å². The van der Waals surface area contributed by atoms with Crippen LogP contribution in [0.2, 0.25) is 0 Å². The highest BCUT2D eigenvalue weighted by molar-refractivity contribution is 5.51. The van der Waals surface area contributed by atoms with Crippen LogP contribution in [-0.2, 0) is 4.79 Å². The fraction of sp³-hybridized carbons (Fsp3) is 0.650. The van der Waals surface area contributed by atoms with Crippen molar-refractivity contribution in [3.63, 3.8) is 0 Å². The summed E-state index contributed by atoms with van der Waals surface area (Å²) >= 11 is 0. The number of fused-ring (bicyclic) bond motifs is 1. The maximum absolute atomic E-state index is 11.3. The normalized spacial score (nSPS) is 40.8. The molecule has 1 fully saturated rings. The predicted octanol–water partition coefficient (Wildman–Crippen LogP) is 4.14. The van der Waals surface area contributed by atoms with Gasteiger partial charge < -0.3 is 4.79 Å². The van der Waals surface area contributed by atoms with Crippen LogP contribution in [0.15, 0.2) is 36.5 Å². The van der Waals surface area contributed by atoms with Crippen LogP contribution < -0.4 is 0 Å². The van der Waals surface area contributed by atoms with E-state index in [1.54, 1.807) is 0 Å². The second kappa shape index (κ2) is 6.54. The Balaban J connectivity index is 1.89. The van der Waals surface area contributed by atoms with E-state index in [9.17, 15) is 4.79 Å². The number of nitrogens with zero attached hydrogens (tertiary/aromatic N) is 1. The molecule has 0 aromatic heterocycles. The third kappa shape index (κ3) is 2.62. The molecular weight excluding hydrogens is 270 g/mol. The van der Waals surface area contributed by atoms with E-state index < -0.39 is 0 Å². The van der Waals surface area contributed by atoms with Crippen LogP contribution in [0.3, 0.4) is 0 Å². The molecule has 3 rings (SSSR count). The lowest BCUT2D eigenvalue weighted by Crippen LogP contribution is -2.41. The maximum atomic E-state index is 11.3. The van der Waals surface area contributed by atoms with Gasteiger partial charge in [0, 0.05) is 18.5 Å². The molecule has 0 spiro atoms. The van der Waals surface area contributed by atoms with Crippen molar-refractivity contribution in [2.24, 2.45) is 17.3 Å². The molecule has 1 aliphatic heterocycles. The molecule has 2 aliphatic carbocycles. The Morgan fingerprint density at radius 3 is 2.68 bits per heavy atom. The minimum absolute atomic E-state index is 0.243. The third-order valence-electron chi connectivity index (χ3n) is 6.29. The molecule has 0 N–H and O–H groups in total. The highest BCUT2D eigenvalue weighted by Crippen LogP contribution is 2.54. The van der Waals surface area contributed by atoms with Gasteiger partial charge in [0.25, 0.3) is 0 Å². The summed E-state index contributed by atoms with van der Waals surface area (Å²) in [5.74, 6) is 1.33. The zero-order chi connectivity index (χ0) is 15.6. The van der Waals surface area contributed by atoms with E-state index in [-0.39, 0.29) is 5.41 Å². The van der Waals surface area contributed by atoms with E-state index in [1.165, 1.54) is 12.8 Å². The zero-order valence-corrected chi connectivity index (χ0v) is 13.9. The number of hydrogen-bond donors (Lipinski definition) is 0. The first-order valence-corrected chi connectivity index (χ1v) is 8.88. The molecule has 120 valence electrons. The van der Waals surface area contributed by atoms with Crippen LogP contribution >= 0.6 is 0 Å². The van der Waals surface area contributed by atoms with E-state index >= 15 is 0 Å². The van der Waals surface area contributed by atoms with Crippen molar-refractivity contribution in [1.29, 1.82) is 0 Å². The molecular formula is C20H29NO. The van der Waals surface area contributed by atoms with Gasteiger partial charge in [-0.15, -0.1) is 0 Å². The quantitative estimate of drug-likeness (QED) is 0.561. The van der Waals surface area contributed by atoms with Gasteiger partial charge in [0.15, 0.2) is 0 Å². The number of carbonyl (C=O) groups is 1. The predicted molar refractivity (Wildman–Crippen MR) is 91.6 cm³/mol. The molecule has 0 saturated carbocycles. The largest absolute Gasteiger partial charge is 0.303 e. The number of allylic oxidation sites excluding steroid dienone is 5. The molecule has 3 aliphatic rings. The minimum Gasteiger partial charge on any atom is -0.303 e. The fourth-order valence-electron chi connectivity index (χ4n) is 5.32. The average molecular weight is 299 g/mol. The van der Waals surface area contributed by atoms with Crippen LogP contribution in [0.5, 0.6) is 0 Å². The van der Waals surface area contributed by atoms with Crippen LogP contribution in [0.1, 0.15) is 46.0 Å². The molecule has 2 nitrogen and oxygen atoms in total. The van der Waals surface area contributed by atoms with Crippen molar-refractivity contribution < 1.29 is 4.79 Å². The molecule has 1 heterocycles. The number of rotatable bonds is 5. The Kier molecular flexibility index (Phi) is 4.67. The molecule has 1 saturated heterocycles. The molecule has 5 atom stereocenters. The summed E-state index contributed by atoms with van der Waals surface area (Å²) in [5, 5.41) is 0. The van der Waals surface area contributed by atoms with Crippen molar-refractivity contribution in [3.05, 3.63) is 36.5 Å². The van der Waals surface area contributed by atoms with E-state index in [0.29, 0.717) is 30.3 Å². The van der Waals surface area contributed by atoms with Gasteiger partial charge in [-0.3, -0.25) is 4.90 Å². The van der Waals surface area contributed by atoms with E-state index in [4.69, 9.17) is 0 Å². The first-order valence-electron chi connectivity index (χ1n) is 8.88. The number of hydrogen-bond acceptors (Lipinski definition) is 2. The molecule has 0 aromatic rings. The Bertz CT molecular complexity index is 492. The summed E-state index contributed by atoms with van der Waals surface area (Å²) in [5.41, 5.74) is 0.243. The fourth-order valence-corrected chi connectivity index (χ4v) is 5.32. The molecule has 0 aromatic carbocycles. The Morgan fingerprint density at radius 2 is 2.00 bits per heavy atom. The SMILES string of the molecule is CCN1C2CC=CCC2C(C)(CC2C=CC=CC2)C1CC=O. The van der Waals surface area contributed by atoms with Gasteiger partial charge >= 0.3 is 0 Å². The van der Waals surface area contributed by atoms with Crippen LogP contribution in [-0.4, -0.2) is 29.8 Å². The van der Waals surface area contributed by atoms with Gasteiger partial charge in [0.05, 0.1) is 0 Å². The number of carbonyl (C=O) groups excluding carboxylic acids is 1. The minimum atomic E-state index is 0.243.